The van der Waals surface area contributed by atoms with Crippen LogP contribution in [0, 0.1) is 0 Å². The minimum absolute atomic E-state index is 0.00949. The van der Waals surface area contributed by atoms with Crippen molar-refractivity contribution in [2.45, 2.75) is 26.1 Å². The average molecular weight is 243 g/mol. The number of hydrogen-bond donors (Lipinski definition) is 1. The first kappa shape index (κ1) is 11.3. The van der Waals surface area contributed by atoms with Gasteiger partial charge in [0.2, 0.25) is 0 Å². The molecule has 2 aromatic rings. The van der Waals surface area contributed by atoms with Gasteiger partial charge in [-0.1, -0.05) is 18.2 Å². The Balaban J connectivity index is 2.20. The molecule has 4 nitrogen and oxygen atoms in total. The minimum Gasteiger partial charge on any atom is -0.306 e. The van der Waals surface area contributed by atoms with Crippen LogP contribution in [0.4, 0.5) is 0 Å². The van der Waals surface area contributed by atoms with Gasteiger partial charge in [0.25, 0.3) is 0 Å². The number of rotatable bonds is 2. The molecule has 1 aromatic heterocycles. The molecular weight excluding hydrogens is 226 g/mol. The van der Waals surface area contributed by atoms with Crippen molar-refractivity contribution in [2.75, 3.05) is 6.54 Å². The van der Waals surface area contributed by atoms with Gasteiger partial charge in [0.1, 0.15) is 0 Å². The van der Waals surface area contributed by atoms with E-state index in [9.17, 15) is 4.79 Å². The van der Waals surface area contributed by atoms with Crippen LogP contribution in [0.25, 0.3) is 11.0 Å². The van der Waals surface area contributed by atoms with Crippen molar-refractivity contribution in [3.63, 3.8) is 0 Å². The second-order valence-corrected chi connectivity index (χ2v) is 4.92. The van der Waals surface area contributed by atoms with Crippen molar-refractivity contribution in [2.24, 2.45) is 0 Å². The maximum atomic E-state index is 12.0. The predicted molar refractivity (Wildman–Crippen MR) is 72.6 cm³/mol. The number of para-hydroxylation sites is 1. The van der Waals surface area contributed by atoms with E-state index in [1.165, 1.54) is 5.56 Å². The fourth-order valence-electron chi connectivity index (χ4n) is 2.76. The fraction of sp³-hybridized carbons (Fsp3) is 0.357. The summed E-state index contributed by atoms with van der Waals surface area (Å²) in [6.45, 7) is 8.40. The molecule has 1 unspecified atom stereocenters. The quantitative estimate of drug-likeness (QED) is 0.816. The summed E-state index contributed by atoms with van der Waals surface area (Å²) in [7, 11) is 0. The van der Waals surface area contributed by atoms with Gasteiger partial charge in [0.05, 0.1) is 11.0 Å². The first-order valence-corrected chi connectivity index (χ1v) is 6.26. The van der Waals surface area contributed by atoms with Crippen LogP contribution in [0.1, 0.15) is 12.5 Å². The standard InChI is InChI=1S/C14H17N3O/c1-3-7-16-9-11-5-4-6-12-13(11)17(8-10(16)2)14(18)15-12/h3-6,10H,1,7-9H2,2H3,(H,15,18). The smallest absolute Gasteiger partial charge is 0.306 e. The van der Waals surface area contributed by atoms with Gasteiger partial charge in [-0.05, 0) is 18.6 Å². The summed E-state index contributed by atoms with van der Waals surface area (Å²) >= 11 is 0. The third-order valence-electron chi connectivity index (χ3n) is 3.68. The van der Waals surface area contributed by atoms with Crippen LogP contribution in [0.15, 0.2) is 35.6 Å². The Kier molecular flexibility index (Phi) is 2.59. The van der Waals surface area contributed by atoms with Crippen LogP contribution < -0.4 is 5.69 Å². The van der Waals surface area contributed by atoms with Crippen molar-refractivity contribution in [3.05, 3.63) is 46.9 Å². The molecule has 94 valence electrons. The lowest BCUT2D eigenvalue weighted by Gasteiger charge is -2.25. The molecule has 0 bridgehead atoms. The summed E-state index contributed by atoms with van der Waals surface area (Å²) in [5.41, 5.74) is 3.19. The molecule has 18 heavy (non-hydrogen) atoms. The summed E-state index contributed by atoms with van der Waals surface area (Å²) in [5, 5.41) is 0. The van der Waals surface area contributed by atoms with E-state index in [0.717, 1.165) is 30.7 Å². The molecule has 0 fully saturated rings. The zero-order valence-electron chi connectivity index (χ0n) is 10.5. The summed E-state index contributed by atoms with van der Waals surface area (Å²) < 4.78 is 1.86. The highest BCUT2D eigenvalue weighted by Gasteiger charge is 2.22. The largest absolute Gasteiger partial charge is 0.326 e. The van der Waals surface area contributed by atoms with E-state index in [0.29, 0.717) is 6.04 Å². The van der Waals surface area contributed by atoms with Crippen LogP contribution in [0.5, 0.6) is 0 Å². The topological polar surface area (TPSA) is 41.0 Å². The molecule has 4 heteroatoms. The van der Waals surface area contributed by atoms with E-state index in [2.05, 4.69) is 29.5 Å². The Morgan fingerprint density at radius 2 is 2.39 bits per heavy atom. The molecular formula is C14H17N3O. The van der Waals surface area contributed by atoms with Gasteiger partial charge < -0.3 is 4.98 Å². The van der Waals surface area contributed by atoms with E-state index in [1.54, 1.807) is 0 Å². The van der Waals surface area contributed by atoms with Crippen LogP contribution in [0.2, 0.25) is 0 Å². The summed E-state index contributed by atoms with van der Waals surface area (Å²) in [4.78, 5) is 17.3. The number of imidazole rings is 1. The third kappa shape index (κ3) is 1.61. The molecule has 1 atom stereocenters. The summed E-state index contributed by atoms with van der Waals surface area (Å²) in [6.07, 6.45) is 1.92. The number of hydrogen-bond acceptors (Lipinski definition) is 2. The molecule has 0 amide bonds. The van der Waals surface area contributed by atoms with Crippen molar-refractivity contribution < 1.29 is 0 Å². The molecule has 0 saturated carbocycles. The van der Waals surface area contributed by atoms with Crippen molar-refractivity contribution in [1.29, 1.82) is 0 Å². The molecule has 0 spiro atoms. The van der Waals surface area contributed by atoms with Crippen LogP contribution in [-0.2, 0) is 13.1 Å². The molecule has 1 aliphatic rings. The highest BCUT2D eigenvalue weighted by molar-refractivity contribution is 5.79. The van der Waals surface area contributed by atoms with Crippen LogP contribution in [0.3, 0.4) is 0 Å². The van der Waals surface area contributed by atoms with Gasteiger partial charge in [-0.15, -0.1) is 6.58 Å². The Morgan fingerprint density at radius 3 is 3.17 bits per heavy atom. The summed E-state index contributed by atoms with van der Waals surface area (Å²) in [5.74, 6) is 0. The molecule has 1 aliphatic heterocycles. The second kappa shape index (κ2) is 4.14. The average Bonchev–Trinajstić information content (AvgIpc) is 2.57. The van der Waals surface area contributed by atoms with E-state index in [1.807, 2.05) is 22.8 Å². The normalized spacial score (nSPS) is 19.9. The number of nitrogens with zero attached hydrogens (tertiary/aromatic N) is 2. The Morgan fingerprint density at radius 1 is 1.56 bits per heavy atom. The van der Waals surface area contributed by atoms with Crippen molar-refractivity contribution >= 4 is 11.0 Å². The lowest BCUT2D eigenvalue weighted by molar-refractivity contribution is 0.210. The Bertz CT molecular complexity index is 653. The van der Waals surface area contributed by atoms with Gasteiger partial charge in [-0.25, -0.2) is 4.79 Å². The van der Waals surface area contributed by atoms with Gasteiger partial charge in [0, 0.05) is 25.7 Å². The maximum absolute atomic E-state index is 12.0. The van der Waals surface area contributed by atoms with Gasteiger partial charge >= 0.3 is 5.69 Å². The lowest BCUT2D eigenvalue weighted by Crippen LogP contribution is -2.35. The van der Waals surface area contributed by atoms with E-state index >= 15 is 0 Å². The van der Waals surface area contributed by atoms with Gasteiger partial charge in [0.15, 0.2) is 0 Å². The molecule has 3 rings (SSSR count). The fourth-order valence-corrected chi connectivity index (χ4v) is 2.76. The van der Waals surface area contributed by atoms with E-state index < -0.39 is 0 Å². The first-order valence-electron chi connectivity index (χ1n) is 6.26. The first-order chi connectivity index (χ1) is 8.70. The number of nitrogens with one attached hydrogen (secondary N) is 1. The minimum atomic E-state index is -0.00949. The highest BCUT2D eigenvalue weighted by atomic mass is 16.1. The van der Waals surface area contributed by atoms with Crippen LogP contribution >= 0.6 is 0 Å². The van der Waals surface area contributed by atoms with E-state index in [-0.39, 0.29) is 5.69 Å². The molecule has 0 saturated heterocycles. The lowest BCUT2D eigenvalue weighted by atomic mass is 10.1. The van der Waals surface area contributed by atoms with Gasteiger partial charge in [-0.2, -0.15) is 0 Å². The third-order valence-corrected chi connectivity index (χ3v) is 3.68. The highest BCUT2D eigenvalue weighted by Crippen LogP contribution is 2.23. The number of aromatic amines is 1. The van der Waals surface area contributed by atoms with Crippen LogP contribution in [-0.4, -0.2) is 27.0 Å². The molecule has 1 aromatic carbocycles. The number of benzene rings is 1. The second-order valence-electron chi connectivity index (χ2n) is 4.92. The Hall–Kier alpha value is -1.81. The molecule has 1 N–H and O–H groups in total. The molecule has 2 heterocycles. The van der Waals surface area contributed by atoms with Crippen molar-refractivity contribution in [1.82, 2.24) is 14.5 Å². The monoisotopic (exact) mass is 243 g/mol. The van der Waals surface area contributed by atoms with E-state index in [4.69, 9.17) is 0 Å². The van der Waals surface area contributed by atoms with Gasteiger partial charge in [-0.3, -0.25) is 9.47 Å². The number of H-pyrrole nitrogens is 1. The maximum Gasteiger partial charge on any atom is 0.326 e. The molecule has 0 radical (unpaired) electrons. The Labute approximate surface area is 106 Å². The number of aromatic nitrogens is 2. The summed E-state index contributed by atoms with van der Waals surface area (Å²) in [6, 6.07) is 6.39. The zero-order valence-corrected chi connectivity index (χ0v) is 10.5. The molecule has 0 aliphatic carbocycles. The predicted octanol–water partition coefficient (Wildman–Crippen LogP) is 1.72. The SMILES string of the molecule is C=CCN1Cc2cccc3[nH]c(=O)n(c23)CC1C. The zero-order chi connectivity index (χ0) is 12.7. The van der Waals surface area contributed by atoms with Crippen molar-refractivity contribution in [3.8, 4) is 0 Å².